The molecule has 0 saturated carbocycles. The van der Waals surface area contributed by atoms with Crippen molar-refractivity contribution in [3.63, 3.8) is 0 Å². The van der Waals surface area contributed by atoms with Gasteiger partial charge in [-0.3, -0.25) is 9.59 Å². The average molecular weight is 227 g/mol. The third kappa shape index (κ3) is 3.30. The van der Waals surface area contributed by atoms with Crippen LogP contribution in [0.25, 0.3) is 0 Å². The summed E-state index contributed by atoms with van der Waals surface area (Å²) >= 11 is 0. The number of aromatic nitrogens is 4. The molecule has 0 atom stereocenters. The quantitative estimate of drug-likeness (QED) is 0.693. The Hall–Kier alpha value is -1.99. The molecule has 0 radical (unpaired) electrons. The van der Waals surface area contributed by atoms with E-state index in [2.05, 4.69) is 20.6 Å². The van der Waals surface area contributed by atoms with Gasteiger partial charge in [0.1, 0.15) is 6.54 Å². The molecule has 2 N–H and O–H groups in total. The molecular weight excluding hydrogens is 214 g/mol. The van der Waals surface area contributed by atoms with Crippen LogP contribution in [0.1, 0.15) is 24.5 Å². The largest absolute Gasteiger partial charge is 0.480 e. The molecule has 1 aromatic heterocycles. The Morgan fingerprint density at radius 1 is 1.50 bits per heavy atom. The third-order valence-electron chi connectivity index (χ3n) is 1.74. The summed E-state index contributed by atoms with van der Waals surface area (Å²) in [5, 5.41) is 21.1. The van der Waals surface area contributed by atoms with Crippen molar-refractivity contribution in [1.29, 1.82) is 0 Å². The van der Waals surface area contributed by atoms with E-state index in [1.165, 1.54) is 4.90 Å². The number of aromatic amines is 1. The molecule has 0 aromatic carbocycles. The predicted octanol–water partition coefficient (Wildman–Crippen LogP) is -0.617. The zero-order chi connectivity index (χ0) is 12.1. The van der Waals surface area contributed by atoms with Gasteiger partial charge in [-0.1, -0.05) is 13.8 Å². The molecule has 0 fully saturated rings. The lowest BCUT2D eigenvalue weighted by atomic mass is 10.2. The molecule has 0 bridgehead atoms. The highest BCUT2D eigenvalue weighted by Crippen LogP contribution is 2.02. The van der Waals surface area contributed by atoms with Crippen LogP contribution >= 0.6 is 0 Å². The zero-order valence-corrected chi connectivity index (χ0v) is 9.04. The van der Waals surface area contributed by atoms with E-state index in [0.717, 1.165) is 0 Å². The smallest absolute Gasteiger partial charge is 0.323 e. The number of tetrazole rings is 1. The number of carboxylic acids is 1. The first-order valence-corrected chi connectivity index (χ1v) is 4.75. The first kappa shape index (κ1) is 12.1. The number of hydrogen-bond acceptors (Lipinski definition) is 5. The minimum atomic E-state index is -1.07. The molecule has 1 rings (SSSR count). The molecule has 0 aliphatic carbocycles. The third-order valence-corrected chi connectivity index (χ3v) is 1.74. The molecule has 16 heavy (non-hydrogen) atoms. The lowest BCUT2D eigenvalue weighted by Crippen LogP contribution is -2.38. The van der Waals surface area contributed by atoms with Crippen LogP contribution in [0.3, 0.4) is 0 Å². The number of aliphatic carboxylic acids is 1. The summed E-state index contributed by atoms with van der Waals surface area (Å²) in [6, 6.07) is 0. The van der Waals surface area contributed by atoms with Crippen LogP contribution in [0, 0.1) is 5.92 Å². The van der Waals surface area contributed by atoms with Crippen molar-refractivity contribution in [1.82, 2.24) is 25.5 Å². The van der Waals surface area contributed by atoms with Gasteiger partial charge in [0.05, 0.1) is 0 Å². The molecule has 8 heteroatoms. The molecule has 0 aliphatic rings. The number of amides is 1. The Kier molecular flexibility index (Phi) is 3.92. The fraction of sp³-hybridized carbons (Fsp3) is 0.625. The van der Waals surface area contributed by atoms with Crippen LogP contribution in [-0.4, -0.2) is 55.6 Å². The molecule has 1 aromatic rings. The summed E-state index contributed by atoms with van der Waals surface area (Å²) in [6.07, 6.45) is 0. The number of hydrogen-bond donors (Lipinski definition) is 2. The van der Waals surface area contributed by atoms with Crippen LogP contribution in [0.5, 0.6) is 0 Å². The Morgan fingerprint density at radius 2 is 2.19 bits per heavy atom. The molecule has 0 aliphatic heterocycles. The predicted molar refractivity (Wildman–Crippen MR) is 52.6 cm³/mol. The summed E-state index contributed by atoms with van der Waals surface area (Å²) in [6.45, 7) is 3.74. The van der Waals surface area contributed by atoms with E-state index in [1.54, 1.807) is 0 Å². The Labute approximate surface area is 91.6 Å². The maximum atomic E-state index is 11.8. The van der Waals surface area contributed by atoms with Crippen molar-refractivity contribution in [3.05, 3.63) is 5.82 Å². The van der Waals surface area contributed by atoms with Crippen molar-refractivity contribution >= 4 is 11.9 Å². The fourth-order valence-electron chi connectivity index (χ4n) is 1.22. The molecule has 0 spiro atoms. The highest BCUT2D eigenvalue weighted by atomic mass is 16.4. The van der Waals surface area contributed by atoms with E-state index in [9.17, 15) is 9.59 Å². The van der Waals surface area contributed by atoms with Crippen molar-refractivity contribution in [2.24, 2.45) is 5.92 Å². The van der Waals surface area contributed by atoms with Crippen molar-refractivity contribution in [3.8, 4) is 0 Å². The van der Waals surface area contributed by atoms with E-state index < -0.39 is 11.9 Å². The van der Waals surface area contributed by atoms with Crippen molar-refractivity contribution in [2.75, 3.05) is 13.1 Å². The van der Waals surface area contributed by atoms with Gasteiger partial charge in [-0.25, -0.2) is 0 Å². The standard InChI is InChI=1S/C8H13N5O3/c1-5(2)3-13(4-6(14)15)8(16)7-9-11-12-10-7/h5H,3-4H2,1-2H3,(H,14,15)(H,9,10,11,12). The van der Waals surface area contributed by atoms with Gasteiger partial charge < -0.3 is 10.0 Å². The number of nitrogens with zero attached hydrogens (tertiary/aromatic N) is 4. The van der Waals surface area contributed by atoms with Gasteiger partial charge in [0.25, 0.3) is 11.7 Å². The lowest BCUT2D eigenvalue weighted by Gasteiger charge is -2.20. The summed E-state index contributed by atoms with van der Waals surface area (Å²) in [7, 11) is 0. The van der Waals surface area contributed by atoms with E-state index in [1.807, 2.05) is 13.8 Å². The molecule has 8 nitrogen and oxygen atoms in total. The molecular formula is C8H13N5O3. The first-order chi connectivity index (χ1) is 7.50. The maximum absolute atomic E-state index is 11.8. The zero-order valence-electron chi connectivity index (χ0n) is 9.04. The van der Waals surface area contributed by atoms with Gasteiger partial charge in [-0.2, -0.15) is 5.21 Å². The molecule has 1 amide bonds. The van der Waals surface area contributed by atoms with Crippen LogP contribution in [-0.2, 0) is 4.79 Å². The second kappa shape index (κ2) is 5.19. The van der Waals surface area contributed by atoms with Gasteiger partial charge in [-0.15, -0.1) is 10.2 Å². The monoisotopic (exact) mass is 227 g/mol. The summed E-state index contributed by atoms with van der Waals surface area (Å²) in [5.41, 5.74) is 0. The van der Waals surface area contributed by atoms with Crippen LogP contribution in [0.4, 0.5) is 0 Å². The van der Waals surface area contributed by atoms with E-state index in [-0.39, 0.29) is 18.3 Å². The first-order valence-electron chi connectivity index (χ1n) is 4.75. The van der Waals surface area contributed by atoms with Gasteiger partial charge in [-0.05, 0) is 11.1 Å². The summed E-state index contributed by atoms with van der Waals surface area (Å²) in [4.78, 5) is 23.5. The van der Waals surface area contributed by atoms with Crippen LogP contribution in [0.15, 0.2) is 0 Å². The van der Waals surface area contributed by atoms with E-state index in [4.69, 9.17) is 5.11 Å². The second-order valence-corrected chi connectivity index (χ2v) is 3.71. The lowest BCUT2D eigenvalue weighted by molar-refractivity contribution is -0.137. The Balaban J connectivity index is 2.75. The van der Waals surface area contributed by atoms with Gasteiger partial charge in [0, 0.05) is 6.54 Å². The SMILES string of the molecule is CC(C)CN(CC(=O)O)C(=O)c1nn[nH]n1. The van der Waals surface area contributed by atoms with Gasteiger partial charge in [0.2, 0.25) is 0 Å². The van der Waals surface area contributed by atoms with Crippen LogP contribution in [0.2, 0.25) is 0 Å². The number of carboxylic acid groups (broad SMARTS) is 1. The van der Waals surface area contributed by atoms with Crippen molar-refractivity contribution < 1.29 is 14.7 Å². The van der Waals surface area contributed by atoms with Gasteiger partial charge >= 0.3 is 5.97 Å². The number of H-pyrrole nitrogens is 1. The number of carbonyl (C=O) groups is 2. The number of rotatable bonds is 5. The summed E-state index contributed by atoms with van der Waals surface area (Å²) < 4.78 is 0. The second-order valence-electron chi connectivity index (χ2n) is 3.71. The molecule has 0 saturated heterocycles. The highest BCUT2D eigenvalue weighted by molar-refractivity contribution is 5.92. The Bertz CT molecular complexity index is 362. The highest BCUT2D eigenvalue weighted by Gasteiger charge is 2.22. The van der Waals surface area contributed by atoms with Crippen molar-refractivity contribution in [2.45, 2.75) is 13.8 Å². The fourth-order valence-corrected chi connectivity index (χ4v) is 1.22. The minimum absolute atomic E-state index is 0.123. The van der Waals surface area contributed by atoms with Gasteiger partial charge in [0.15, 0.2) is 0 Å². The molecule has 88 valence electrons. The minimum Gasteiger partial charge on any atom is -0.480 e. The van der Waals surface area contributed by atoms with E-state index >= 15 is 0 Å². The molecule has 1 heterocycles. The normalized spacial score (nSPS) is 10.4. The van der Waals surface area contributed by atoms with Crippen LogP contribution < -0.4 is 0 Å². The number of nitrogens with one attached hydrogen (secondary N) is 1. The van der Waals surface area contributed by atoms with E-state index in [0.29, 0.717) is 6.54 Å². The topological polar surface area (TPSA) is 112 Å². The average Bonchev–Trinajstić information content (AvgIpc) is 2.66. The Morgan fingerprint density at radius 3 is 2.62 bits per heavy atom. The summed E-state index contributed by atoms with van der Waals surface area (Å²) in [5.74, 6) is -1.57. The maximum Gasteiger partial charge on any atom is 0.323 e. The number of carbonyl (C=O) groups excluding carboxylic acids is 1. The molecule has 0 unspecified atom stereocenters.